The molecule has 0 N–H and O–H groups in total. The summed E-state index contributed by atoms with van der Waals surface area (Å²) in [6.07, 6.45) is 8.92. The summed E-state index contributed by atoms with van der Waals surface area (Å²) in [5, 5.41) is 0. The van der Waals surface area contributed by atoms with Crippen molar-refractivity contribution in [1.82, 2.24) is 14.7 Å². The largest absolute Gasteiger partial charge is 4.00 e. The maximum absolute atomic E-state index is 3.61. The quantitative estimate of drug-likeness (QED) is 0.136. The Bertz CT molecular complexity index is 221. The molecule has 0 radical (unpaired) electrons. The van der Waals surface area contributed by atoms with Crippen LogP contribution in [0.2, 0.25) is 0 Å². The fraction of sp³-hybridized carbons (Fsp3) is 0.444. The van der Waals surface area contributed by atoms with Crippen molar-refractivity contribution in [3.8, 4) is 0 Å². The van der Waals surface area contributed by atoms with Crippen LogP contribution in [-0.4, -0.2) is 76.6 Å². The van der Waals surface area contributed by atoms with E-state index in [1.165, 1.54) is 0 Å². The van der Waals surface area contributed by atoms with Crippen LogP contribution in [0.5, 0.6) is 0 Å². The van der Waals surface area contributed by atoms with Crippen LogP contribution in [0, 0.1) is 66.8 Å². The molecule has 0 aliphatic carbocycles. The topological polar surface area (TPSA) is 9.72 Å². The van der Waals surface area contributed by atoms with E-state index in [0.717, 1.165) is 38.9 Å². The third-order valence-electron chi connectivity index (χ3n) is 2.35. The smallest absolute Gasteiger partial charge is 0.358 e. The summed E-state index contributed by atoms with van der Waals surface area (Å²) >= 11 is 0. The summed E-state index contributed by atoms with van der Waals surface area (Å²) in [6, 6.07) is 0. The van der Waals surface area contributed by atoms with E-state index < -0.39 is 0 Å². The van der Waals surface area contributed by atoms with Gasteiger partial charge in [0.05, 0.1) is 0 Å². The maximum Gasteiger partial charge on any atom is 4.00 e. The van der Waals surface area contributed by atoms with E-state index >= 15 is 0 Å². The minimum atomic E-state index is 0. The summed E-state index contributed by atoms with van der Waals surface area (Å²) in [4.78, 5) is 6.50. The van der Waals surface area contributed by atoms with Crippen LogP contribution >= 0.6 is 0 Å². The summed E-state index contributed by atoms with van der Waals surface area (Å²) in [5.41, 5.74) is 0. The molecule has 0 aromatic rings. The zero-order valence-corrected chi connectivity index (χ0v) is 32.2. The molecular formula is C27H66N3Pt3+3. The molecule has 0 rings (SSSR count). The van der Waals surface area contributed by atoms with E-state index in [1.807, 2.05) is 18.2 Å². The number of hydrogen-bond acceptors (Lipinski definition) is 3. The Morgan fingerprint density at radius 2 is 0.576 bits per heavy atom. The monoisotopic (exact) mass is 1020 g/mol. The van der Waals surface area contributed by atoms with Gasteiger partial charge in [-0.3, -0.25) is 0 Å². The van der Waals surface area contributed by atoms with Crippen LogP contribution < -0.4 is 0 Å². The third-order valence-corrected chi connectivity index (χ3v) is 2.35. The zero-order valence-electron chi connectivity index (χ0n) is 25.4. The average molecular weight is 1020 g/mol. The minimum Gasteiger partial charge on any atom is -0.358 e. The van der Waals surface area contributed by atoms with Crippen molar-refractivity contribution in [2.24, 2.45) is 0 Å². The summed E-state index contributed by atoms with van der Waals surface area (Å²) in [6.45, 7) is 14.1. The van der Waals surface area contributed by atoms with Crippen LogP contribution in [0.15, 0.2) is 38.0 Å². The molecule has 0 aliphatic rings. The molecule has 6 heteroatoms. The van der Waals surface area contributed by atoms with Crippen LogP contribution in [0.3, 0.4) is 0 Å². The maximum atomic E-state index is 3.61. The predicted octanol–water partition coefficient (Wildman–Crippen LogP) is 7.42. The van der Waals surface area contributed by atoms with E-state index in [0.29, 0.717) is 0 Å². The molecule has 0 amide bonds. The first kappa shape index (κ1) is 102. The van der Waals surface area contributed by atoms with Gasteiger partial charge in [0, 0.05) is 19.6 Å². The van der Waals surface area contributed by atoms with Gasteiger partial charge in [-0.05, 0) is 61.5 Å². The number of rotatable bonds is 9. The van der Waals surface area contributed by atoms with E-state index in [1.54, 1.807) is 0 Å². The Morgan fingerprint density at radius 1 is 0.394 bits per heavy atom. The van der Waals surface area contributed by atoms with Crippen molar-refractivity contribution in [3.05, 3.63) is 105 Å². The Labute approximate surface area is 262 Å². The third kappa shape index (κ3) is 186. The first-order valence-corrected chi connectivity index (χ1v) is 7.58. The Morgan fingerprint density at radius 3 is 0.667 bits per heavy atom. The molecule has 0 aromatic heterocycles. The number of allylic oxidation sites excluding steroid dienone is 2. The van der Waals surface area contributed by atoms with E-state index in [2.05, 4.69) is 76.7 Å². The predicted molar refractivity (Wildman–Crippen MR) is 158 cm³/mol. The first-order valence-electron chi connectivity index (χ1n) is 7.58. The standard InChI is InChI=1S/C6H16N2.C6H13N.C6H10.9CH3.3Pt/c1-7(2)5-6-8(3)4;1-4-5-6-7(2)3;1-3-5-6-4-2;;;;;;;;;;;;/h5-6H2,1-4H3;4H,1,5-6H2,2-3H3;3-4H,1-2,5-6H2;9*1H3;;;/q;;;9*-1;3*+4. The van der Waals surface area contributed by atoms with Crippen molar-refractivity contribution >= 4 is 0 Å². The van der Waals surface area contributed by atoms with E-state index in [-0.39, 0.29) is 130 Å². The second kappa shape index (κ2) is 93.4. The normalized spacial score (nSPS) is 6.09. The van der Waals surface area contributed by atoms with Gasteiger partial charge >= 0.3 is 63.2 Å². The summed E-state index contributed by atoms with van der Waals surface area (Å²) in [7, 11) is 12.5. The van der Waals surface area contributed by atoms with Gasteiger partial charge < -0.3 is 81.5 Å². The fourth-order valence-electron chi connectivity index (χ4n) is 0.985. The van der Waals surface area contributed by atoms with Gasteiger partial charge in [0.2, 0.25) is 0 Å². The average Bonchev–Trinajstić information content (AvgIpc) is 2.42. The van der Waals surface area contributed by atoms with Crippen molar-refractivity contribution in [3.63, 3.8) is 0 Å². The first-order chi connectivity index (χ1) is 9.81. The molecular weight excluding hydrogens is 952 g/mol. The second-order valence-corrected chi connectivity index (χ2v) is 5.64. The number of likely N-dealkylation sites (N-methyl/N-ethyl adjacent to an activating group) is 2. The van der Waals surface area contributed by atoms with Crippen LogP contribution in [0.4, 0.5) is 0 Å². The van der Waals surface area contributed by atoms with Crippen molar-refractivity contribution < 1.29 is 63.2 Å². The Balaban J connectivity index is -0.00000000964. The van der Waals surface area contributed by atoms with Crippen molar-refractivity contribution in [1.29, 1.82) is 0 Å². The van der Waals surface area contributed by atoms with Gasteiger partial charge in [-0.15, -0.1) is 19.7 Å². The summed E-state index contributed by atoms with van der Waals surface area (Å²) < 4.78 is 0. The van der Waals surface area contributed by atoms with Gasteiger partial charge in [-0.2, -0.15) is 0 Å². The van der Waals surface area contributed by atoms with Crippen LogP contribution in [0.25, 0.3) is 0 Å². The molecule has 0 aromatic carbocycles. The molecule has 0 atom stereocenters. The van der Waals surface area contributed by atoms with Gasteiger partial charge in [-0.25, -0.2) is 0 Å². The van der Waals surface area contributed by atoms with Gasteiger partial charge in [0.15, 0.2) is 0 Å². The van der Waals surface area contributed by atoms with Crippen LogP contribution in [-0.2, 0) is 63.2 Å². The SMILES string of the molecule is C=CCCC=C.C=CCCN(C)C.CN(C)CCN(C)C.[CH3-].[CH3-].[CH3-].[CH3-].[CH3-].[CH3-].[CH3-].[CH3-].[CH3-].[Pt+4].[Pt+4].[Pt+4]. The Kier molecular flexibility index (Phi) is 290. The van der Waals surface area contributed by atoms with Gasteiger partial charge in [0.25, 0.3) is 0 Å². The molecule has 0 saturated carbocycles. The van der Waals surface area contributed by atoms with Crippen molar-refractivity contribution in [2.75, 3.05) is 61.9 Å². The molecule has 0 heterocycles. The van der Waals surface area contributed by atoms with Gasteiger partial charge in [-0.1, -0.05) is 18.2 Å². The van der Waals surface area contributed by atoms with E-state index in [9.17, 15) is 0 Å². The zero-order chi connectivity index (χ0) is 17.1. The van der Waals surface area contributed by atoms with E-state index in [4.69, 9.17) is 0 Å². The molecule has 0 aliphatic heterocycles. The molecule has 33 heavy (non-hydrogen) atoms. The fourth-order valence-corrected chi connectivity index (χ4v) is 0.985. The molecule has 3 nitrogen and oxygen atoms in total. The molecule has 0 unspecified atom stereocenters. The van der Waals surface area contributed by atoms with Crippen LogP contribution in [0.1, 0.15) is 19.3 Å². The molecule has 0 fully saturated rings. The van der Waals surface area contributed by atoms with Crippen molar-refractivity contribution in [2.45, 2.75) is 19.3 Å². The van der Waals surface area contributed by atoms with Gasteiger partial charge in [0.1, 0.15) is 0 Å². The second-order valence-electron chi connectivity index (χ2n) is 5.64. The number of hydrogen-bond donors (Lipinski definition) is 0. The molecule has 216 valence electrons. The number of unbranched alkanes of at least 4 members (excludes halogenated alkanes) is 1. The minimum absolute atomic E-state index is 0. The molecule has 0 bridgehead atoms. The number of nitrogens with zero attached hydrogens (tertiary/aromatic N) is 3. The summed E-state index contributed by atoms with van der Waals surface area (Å²) in [5.74, 6) is 0. The molecule has 0 saturated heterocycles. The molecule has 0 spiro atoms. The Hall–Kier alpha value is 1.16.